The number of hydrogen-bond acceptors (Lipinski definition) is 6. The van der Waals surface area contributed by atoms with Gasteiger partial charge >= 0.3 is 17.9 Å². The molecule has 470 valence electrons. The maximum atomic E-state index is 12.9. The van der Waals surface area contributed by atoms with Crippen LogP contribution in [0.25, 0.3) is 0 Å². The quantitative estimate of drug-likeness (QED) is 0.0261. The van der Waals surface area contributed by atoms with Crippen LogP contribution < -0.4 is 0 Å². The molecular weight excluding hydrogens is 1010 g/mol. The molecule has 0 aromatic carbocycles. The van der Waals surface area contributed by atoms with Gasteiger partial charge in [0.05, 0.1) is 0 Å². The van der Waals surface area contributed by atoms with E-state index < -0.39 is 6.10 Å². The molecule has 82 heavy (non-hydrogen) atoms. The number of rotatable bonds is 63. The lowest BCUT2D eigenvalue weighted by molar-refractivity contribution is -0.167. The van der Waals surface area contributed by atoms with Crippen molar-refractivity contribution in [2.24, 2.45) is 0 Å². The summed E-state index contributed by atoms with van der Waals surface area (Å²) < 4.78 is 17.0. The first kappa shape index (κ1) is 78.1. The minimum atomic E-state index is -0.780. The first-order valence-corrected chi connectivity index (χ1v) is 34.9. The minimum Gasteiger partial charge on any atom is -0.462 e. The van der Waals surface area contributed by atoms with Gasteiger partial charge in [0, 0.05) is 19.3 Å². The number of ether oxygens (including phenoxy) is 3. The number of hydrogen-bond donors (Lipinski definition) is 0. The highest BCUT2D eigenvalue weighted by molar-refractivity contribution is 5.71. The van der Waals surface area contributed by atoms with Crippen molar-refractivity contribution in [3.63, 3.8) is 0 Å². The average Bonchev–Trinajstić information content (AvgIpc) is 3.48. The van der Waals surface area contributed by atoms with Gasteiger partial charge in [-0.3, -0.25) is 14.4 Å². The highest BCUT2D eigenvalue weighted by Gasteiger charge is 2.19. The molecule has 0 radical (unpaired) electrons. The van der Waals surface area contributed by atoms with Gasteiger partial charge in [0.25, 0.3) is 0 Å². The van der Waals surface area contributed by atoms with E-state index in [0.29, 0.717) is 19.3 Å². The second-order valence-electron chi connectivity index (χ2n) is 23.1. The summed E-state index contributed by atoms with van der Waals surface area (Å²) in [5.74, 6) is -0.872. The maximum absolute atomic E-state index is 12.9. The standard InChI is InChI=1S/C76H130O6/c1-4-7-10-13-16-19-22-25-28-29-30-31-32-33-34-35-36-37-38-39-40-41-42-43-44-45-46-47-49-51-54-57-60-63-66-69-75(78)81-72-73(71-80-74(77)68-65-62-59-56-53-50-27-24-21-18-15-12-9-6-3)82-76(79)70-67-64-61-58-55-52-48-26-23-20-17-14-11-8-5-2/h7,10,16,19,25,28,30-31,33-34,36-37,39-40,42-43,45-46,73H,4-6,8-9,11-15,17-18,20-24,26-27,29,32,35,38,41,44,47-72H2,1-3H3/b10-7-,19-16-,28-25-,31-30-,34-33-,37-36-,40-39-,43-42-,46-45-. The van der Waals surface area contributed by atoms with Gasteiger partial charge in [-0.05, 0) is 89.9 Å². The molecule has 0 aliphatic rings. The van der Waals surface area contributed by atoms with Crippen molar-refractivity contribution < 1.29 is 28.6 Å². The molecule has 0 saturated heterocycles. The van der Waals surface area contributed by atoms with Crippen LogP contribution in [0.4, 0.5) is 0 Å². The Kier molecular flexibility index (Phi) is 66.2. The third-order valence-electron chi connectivity index (χ3n) is 15.0. The zero-order valence-corrected chi connectivity index (χ0v) is 54.0. The van der Waals surface area contributed by atoms with Gasteiger partial charge in [-0.15, -0.1) is 0 Å². The lowest BCUT2D eigenvalue weighted by atomic mass is 10.0. The third kappa shape index (κ3) is 66.9. The molecule has 0 aliphatic heterocycles. The highest BCUT2D eigenvalue weighted by atomic mass is 16.6. The van der Waals surface area contributed by atoms with Crippen LogP contribution >= 0.6 is 0 Å². The molecule has 0 spiro atoms. The van der Waals surface area contributed by atoms with Crippen LogP contribution in [0.1, 0.15) is 335 Å². The third-order valence-corrected chi connectivity index (χ3v) is 15.0. The lowest BCUT2D eigenvalue weighted by Gasteiger charge is -2.18. The van der Waals surface area contributed by atoms with E-state index >= 15 is 0 Å². The Morgan fingerprint density at radius 3 is 0.744 bits per heavy atom. The molecule has 0 aromatic rings. The van der Waals surface area contributed by atoms with Crippen molar-refractivity contribution in [1.82, 2.24) is 0 Å². The fourth-order valence-electron chi connectivity index (χ4n) is 9.85. The van der Waals surface area contributed by atoms with E-state index in [9.17, 15) is 14.4 Å². The molecule has 0 heterocycles. The Balaban J connectivity index is 4.25. The minimum absolute atomic E-state index is 0.0761. The second kappa shape index (κ2) is 69.6. The summed E-state index contributed by atoms with van der Waals surface area (Å²) >= 11 is 0. The van der Waals surface area contributed by atoms with E-state index in [2.05, 4.69) is 130 Å². The van der Waals surface area contributed by atoms with E-state index in [1.807, 2.05) is 0 Å². The normalized spacial score (nSPS) is 12.8. The summed E-state index contributed by atoms with van der Waals surface area (Å²) in [6.07, 6.45) is 95.3. The molecule has 0 amide bonds. The zero-order chi connectivity index (χ0) is 59.2. The number of carbonyl (C=O) groups excluding carboxylic acids is 3. The van der Waals surface area contributed by atoms with Crippen LogP contribution in [0.15, 0.2) is 109 Å². The van der Waals surface area contributed by atoms with Crippen LogP contribution in [0, 0.1) is 0 Å². The summed E-state index contributed by atoms with van der Waals surface area (Å²) in [4.78, 5) is 38.4. The molecule has 6 nitrogen and oxygen atoms in total. The number of esters is 3. The molecule has 0 aliphatic carbocycles. The van der Waals surface area contributed by atoms with Crippen molar-refractivity contribution >= 4 is 17.9 Å². The fourth-order valence-corrected chi connectivity index (χ4v) is 9.85. The monoisotopic (exact) mass is 1140 g/mol. The molecule has 0 aromatic heterocycles. The van der Waals surface area contributed by atoms with Gasteiger partial charge in [-0.1, -0.05) is 336 Å². The van der Waals surface area contributed by atoms with Crippen LogP contribution in [-0.2, 0) is 28.6 Å². The molecule has 6 heteroatoms. The summed E-state index contributed by atoms with van der Waals surface area (Å²) in [7, 11) is 0. The Hall–Kier alpha value is -3.93. The summed E-state index contributed by atoms with van der Waals surface area (Å²) in [5.41, 5.74) is 0. The Morgan fingerprint density at radius 1 is 0.256 bits per heavy atom. The molecule has 0 saturated carbocycles. The van der Waals surface area contributed by atoms with Crippen molar-refractivity contribution in [3.8, 4) is 0 Å². The molecule has 0 N–H and O–H groups in total. The molecule has 0 fully saturated rings. The predicted molar refractivity (Wildman–Crippen MR) is 357 cm³/mol. The first-order chi connectivity index (χ1) is 40.5. The number of allylic oxidation sites excluding steroid dienone is 18. The SMILES string of the molecule is CC/C=C\C/C=C\C/C=C\C/C=C\C/C=C\C/C=C\C/C=C\C/C=C\C/C=C\CCCCCCCCCC(=O)OCC(COC(=O)CCCCCCCCCCCCCCCC)OC(=O)CCCCCCCCCCCCCCCCC. The van der Waals surface area contributed by atoms with Crippen molar-refractivity contribution in [3.05, 3.63) is 109 Å². The van der Waals surface area contributed by atoms with Gasteiger partial charge in [-0.25, -0.2) is 0 Å². The number of carbonyl (C=O) groups is 3. The summed E-state index contributed by atoms with van der Waals surface area (Å²) in [6.45, 7) is 6.56. The van der Waals surface area contributed by atoms with E-state index in [1.54, 1.807) is 0 Å². The summed E-state index contributed by atoms with van der Waals surface area (Å²) in [5, 5.41) is 0. The van der Waals surface area contributed by atoms with Gasteiger partial charge in [0.15, 0.2) is 6.10 Å². The first-order valence-electron chi connectivity index (χ1n) is 34.9. The topological polar surface area (TPSA) is 78.9 Å². The van der Waals surface area contributed by atoms with Crippen LogP contribution in [0.3, 0.4) is 0 Å². The molecular formula is C76H130O6. The van der Waals surface area contributed by atoms with Gasteiger partial charge < -0.3 is 14.2 Å². The van der Waals surface area contributed by atoms with Gasteiger partial charge in [0.2, 0.25) is 0 Å². The Labute approximate surface area is 508 Å². The Morgan fingerprint density at radius 2 is 0.476 bits per heavy atom. The second-order valence-corrected chi connectivity index (χ2v) is 23.1. The molecule has 0 bridgehead atoms. The molecule has 1 atom stereocenters. The zero-order valence-electron chi connectivity index (χ0n) is 54.0. The van der Waals surface area contributed by atoms with E-state index in [4.69, 9.17) is 14.2 Å². The van der Waals surface area contributed by atoms with E-state index in [-0.39, 0.29) is 31.1 Å². The lowest BCUT2D eigenvalue weighted by Crippen LogP contribution is -2.30. The van der Waals surface area contributed by atoms with Crippen LogP contribution in [0.2, 0.25) is 0 Å². The van der Waals surface area contributed by atoms with Crippen LogP contribution in [0.5, 0.6) is 0 Å². The highest BCUT2D eigenvalue weighted by Crippen LogP contribution is 2.17. The van der Waals surface area contributed by atoms with E-state index in [1.165, 1.54) is 173 Å². The maximum Gasteiger partial charge on any atom is 0.306 e. The van der Waals surface area contributed by atoms with Crippen LogP contribution in [-0.4, -0.2) is 37.2 Å². The summed E-state index contributed by atoms with van der Waals surface area (Å²) in [6, 6.07) is 0. The van der Waals surface area contributed by atoms with Crippen molar-refractivity contribution in [2.75, 3.05) is 13.2 Å². The fraction of sp³-hybridized carbons (Fsp3) is 0.724. The van der Waals surface area contributed by atoms with Gasteiger partial charge in [0.1, 0.15) is 13.2 Å². The largest absolute Gasteiger partial charge is 0.462 e. The van der Waals surface area contributed by atoms with Gasteiger partial charge in [-0.2, -0.15) is 0 Å². The Bertz CT molecular complexity index is 1640. The molecule has 0 rings (SSSR count). The molecule has 1 unspecified atom stereocenters. The van der Waals surface area contributed by atoms with Crippen molar-refractivity contribution in [1.29, 1.82) is 0 Å². The average molecular weight is 1140 g/mol. The smallest absolute Gasteiger partial charge is 0.306 e. The van der Waals surface area contributed by atoms with E-state index in [0.717, 1.165) is 122 Å². The predicted octanol–water partition coefficient (Wildman–Crippen LogP) is 24.2. The number of unbranched alkanes of at least 4 members (excludes halogenated alkanes) is 34. The van der Waals surface area contributed by atoms with Crippen molar-refractivity contribution in [2.45, 2.75) is 341 Å².